The fraction of sp³-hybridized carbons (Fsp3) is 0.353. The third kappa shape index (κ3) is 3.56. The van der Waals surface area contributed by atoms with Crippen LogP contribution in [0.25, 0.3) is 10.9 Å². The van der Waals surface area contributed by atoms with E-state index in [4.69, 9.17) is 15.6 Å². The van der Waals surface area contributed by atoms with E-state index < -0.39 is 18.5 Å². The largest absolute Gasteiger partial charge is 0.479 e. The average Bonchev–Trinajstić information content (AvgIpc) is 2.78. The molecule has 0 saturated carbocycles. The third-order valence-electron chi connectivity index (χ3n) is 3.91. The Bertz CT molecular complexity index is 821. The van der Waals surface area contributed by atoms with Gasteiger partial charge in [-0.2, -0.15) is 0 Å². The molecule has 0 spiro atoms. The van der Waals surface area contributed by atoms with Crippen LogP contribution in [0.15, 0.2) is 23.9 Å². The van der Waals surface area contributed by atoms with E-state index in [0.29, 0.717) is 11.9 Å². The molecular weight excluding hydrogens is 310 g/mol. The zero-order valence-corrected chi connectivity index (χ0v) is 14.0. The van der Waals surface area contributed by atoms with Gasteiger partial charge in [0.05, 0.1) is 17.3 Å². The van der Waals surface area contributed by atoms with Gasteiger partial charge in [0.15, 0.2) is 6.61 Å². The summed E-state index contributed by atoms with van der Waals surface area (Å²) in [6.07, 6.45) is 3.62. The molecule has 0 aromatic carbocycles. The number of pyridine rings is 1. The van der Waals surface area contributed by atoms with E-state index in [1.807, 2.05) is 32.9 Å². The molecule has 128 valence electrons. The molecule has 0 radical (unpaired) electrons. The van der Waals surface area contributed by atoms with Crippen LogP contribution in [0.4, 0.5) is 0 Å². The Balaban J connectivity index is 2.67. The van der Waals surface area contributed by atoms with Crippen molar-refractivity contribution in [3.05, 3.63) is 35.2 Å². The molecule has 1 amide bonds. The van der Waals surface area contributed by atoms with Gasteiger partial charge in [0.2, 0.25) is 11.8 Å². The highest BCUT2D eigenvalue weighted by atomic mass is 16.5. The highest BCUT2D eigenvalue weighted by Gasteiger charge is 2.20. The van der Waals surface area contributed by atoms with Crippen molar-refractivity contribution in [1.82, 2.24) is 9.55 Å². The number of hydrogen-bond acceptors (Lipinski definition) is 4. The molecular formula is C17H21N3O4. The zero-order valence-electron chi connectivity index (χ0n) is 14.0. The maximum absolute atomic E-state index is 11.5. The topological polar surface area (TPSA) is 107 Å². The summed E-state index contributed by atoms with van der Waals surface area (Å²) >= 11 is 0. The minimum Gasteiger partial charge on any atom is -0.479 e. The van der Waals surface area contributed by atoms with Gasteiger partial charge in [0, 0.05) is 18.4 Å². The van der Waals surface area contributed by atoms with Gasteiger partial charge in [0.1, 0.15) is 0 Å². The number of aliphatic carboxylic acids is 1. The summed E-state index contributed by atoms with van der Waals surface area (Å²) < 4.78 is 7.37. The van der Waals surface area contributed by atoms with Gasteiger partial charge < -0.3 is 20.1 Å². The van der Waals surface area contributed by atoms with Crippen molar-refractivity contribution < 1.29 is 19.4 Å². The molecule has 24 heavy (non-hydrogen) atoms. The quantitative estimate of drug-likeness (QED) is 0.752. The Kier molecular flexibility index (Phi) is 5.23. The van der Waals surface area contributed by atoms with Crippen molar-refractivity contribution in [2.45, 2.75) is 33.7 Å². The first kappa shape index (κ1) is 17.5. The standard InChI is InChI=1S/C17H21N3O4/c1-4-10(2)8-20-11(3)12(7-14(18)21)16-13(20)5-6-19-17(16)24-9-15(22)23/h4-6H,7-9H2,1-3H3,(H2,18,21)(H,22,23)/b10-4+. The van der Waals surface area contributed by atoms with Crippen LogP contribution in [0.2, 0.25) is 0 Å². The first-order valence-corrected chi connectivity index (χ1v) is 7.56. The van der Waals surface area contributed by atoms with E-state index in [1.54, 1.807) is 6.20 Å². The van der Waals surface area contributed by atoms with Gasteiger partial charge in [-0.15, -0.1) is 0 Å². The van der Waals surface area contributed by atoms with Crippen LogP contribution in [0.5, 0.6) is 5.88 Å². The third-order valence-corrected chi connectivity index (χ3v) is 3.91. The number of carboxylic acids is 1. The molecule has 0 bridgehead atoms. The maximum atomic E-state index is 11.5. The van der Waals surface area contributed by atoms with Crippen molar-refractivity contribution in [3.8, 4) is 5.88 Å². The Labute approximate surface area is 139 Å². The first-order chi connectivity index (χ1) is 11.3. The van der Waals surface area contributed by atoms with Gasteiger partial charge in [-0.05, 0) is 32.4 Å². The fourth-order valence-electron chi connectivity index (χ4n) is 2.64. The minimum atomic E-state index is -1.09. The second-order valence-electron chi connectivity index (χ2n) is 5.62. The minimum absolute atomic E-state index is 0.0410. The number of rotatable bonds is 7. The van der Waals surface area contributed by atoms with Crippen LogP contribution in [-0.2, 0) is 22.6 Å². The first-order valence-electron chi connectivity index (χ1n) is 7.56. The van der Waals surface area contributed by atoms with Crippen molar-refractivity contribution >= 4 is 22.8 Å². The van der Waals surface area contributed by atoms with E-state index >= 15 is 0 Å². The smallest absolute Gasteiger partial charge is 0.341 e. The summed E-state index contributed by atoms with van der Waals surface area (Å²) in [5.74, 6) is -1.36. The van der Waals surface area contributed by atoms with Gasteiger partial charge in [0.25, 0.3) is 0 Å². The summed E-state index contributed by atoms with van der Waals surface area (Å²) in [7, 11) is 0. The zero-order chi connectivity index (χ0) is 17.9. The van der Waals surface area contributed by atoms with Crippen LogP contribution in [-0.4, -0.2) is 33.1 Å². The molecule has 2 aromatic rings. The van der Waals surface area contributed by atoms with Crippen molar-refractivity contribution in [1.29, 1.82) is 0 Å². The number of aromatic nitrogens is 2. The maximum Gasteiger partial charge on any atom is 0.341 e. The summed E-state index contributed by atoms with van der Waals surface area (Å²) in [5.41, 5.74) is 8.97. The monoisotopic (exact) mass is 331 g/mol. The lowest BCUT2D eigenvalue weighted by molar-refractivity contribution is -0.139. The number of hydrogen-bond donors (Lipinski definition) is 2. The van der Waals surface area contributed by atoms with E-state index in [-0.39, 0.29) is 12.3 Å². The molecule has 2 heterocycles. The molecule has 7 nitrogen and oxygen atoms in total. The normalized spacial score (nSPS) is 11.7. The van der Waals surface area contributed by atoms with Crippen LogP contribution in [0.1, 0.15) is 25.1 Å². The van der Waals surface area contributed by atoms with Crippen molar-refractivity contribution in [2.75, 3.05) is 6.61 Å². The number of carbonyl (C=O) groups excluding carboxylic acids is 1. The molecule has 0 aliphatic carbocycles. The number of allylic oxidation sites excluding steroid dienone is 2. The number of ether oxygens (including phenoxy) is 1. The number of carboxylic acid groups (broad SMARTS) is 1. The van der Waals surface area contributed by atoms with Crippen LogP contribution in [0, 0.1) is 6.92 Å². The highest BCUT2D eigenvalue weighted by molar-refractivity contribution is 5.93. The van der Waals surface area contributed by atoms with E-state index in [2.05, 4.69) is 9.55 Å². The lowest BCUT2D eigenvalue weighted by Crippen LogP contribution is -2.15. The van der Waals surface area contributed by atoms with Gasteiger partial charge in [-0.1, -0.05) is 11.6 Å². The van der Waals surface area contributed by atoms with E-state index in [0.717, 1.165) is 22.3 Å². The number of primary amides is 1. The number of carbonyl (C=O) groups is 2. The molecule has 0 fully saturated rings. The summed E-state index contributed by atoms with van der Waals surface area (Å²) in [5, 5.41) is 9.47. The number of amides is 1. The molecule has 0 atom stereocenters. The Hall–Kier alpha value is -2.83. The molecule has 0 aliphatic rings. The lowest BCUT2D eigenvalue weighted by Gasteiger charge is -2.09. The highest BCUT2D eigenvalue weighted by Crippen LogP contribution is 2.33. The molecule has 3 N–H and O–H groups in total. The molecule has 0 saturated heterocycles. The SMILES string of the molecule is C/C=C(\C)Cn1c(C)c(CC(N)=O)c2c(OCC(=O)O)nccc21. The van der Waals surface area contributed by atoms with Gasteiger partial charge >= 0.3 is 5.97 Å². The fourth-order valence-corrected chi connectivity index (χ4v) is 2.64. The van der Waals surface area contributed by atoms with Crippen LogP contribution < -0.4 is 10.5 Å². The van der Waals surface area contributed by atoms with Gasteiger partial charge in [-0.3, -0.25) is 4.79 Å². The second-order valence-corrected chi connectivity index (χ2v) is 5.62. The summed E-state index contributed by atoms with van der Waals surface area (Å²) in [4.78, 5) is 26.4. The average molecular weight is 331 g/mol. The van der Waals surface area contributed by atoms with Crippen molar-refractivity contribution in [2.24, 2.45) is 5.73 Å². The predicted octanol–water partition coefficient (Wildman–Crippen LogP) is 1.80. The molecule has 0 unspecified atom stereocenters. The van der Waals surface area contributed by atoms with Gasteiger partial charge in [-0.25, -0.2) is 9.78 Å². The molecule has 0 aliphatic heterocycles. The van der Waals surface area contributed by atoms with Crippen LogP contribution >= 0.6 is 0 Å². The van der Waals surface area contributed by atoms with Crippen LogP contribution in [0.3, 0.4) is 0 Å². The molecule has 2 rings (SSSR count). The van der Waals surface area contributed by atoms with E-state index in [1.165, 1.54) is 0 Å². The Morgan fingerprint density at radius 2 is 2.17 bits per heavy atom. The predicted molar refractivity (Wildman–Crippen MR) is 89.9 cm³/mol. The lowest BCUT2D eigenvalue weighted by atomic mass is 10.1. The summed E-state index contributed by atoms with van der Waals surface area (Å²) in [6.45, 7) is 6.04. The number of nitrogens with zero attached hydrogens (tertiary/aromatic N) is 2. The van der Waals surface area contributed by atoms with E-state index in [9.17, 15) is 9.59 Å². The van der Waals surface area contributed by atoms with Crippen molar-refractivity contribution in [3.63, 3.8) is 0 Å². The number of fused-ring (bicyclic) bond motifs is 1. The molecule has 7 heteroatoms. The molecule has 2 aromatic heterocycles. The second kappa shape index (κ2) is 7.16. The summed E-state index contributed by atoms with van der Waals surface area (Å²) in [6, 6.07) is 1.82. The Morgan fingerprint density at radius 3 is 2.75 bits per heavy atom. The Morgan fingerprint density at radius 1 is 1.46 bits per heavy atom. The number of nitrogens with two attached hydrogens (primary N) is 1.